The lowest BCUT2D eigenvalue weighted by atomic mass is 10.2. The number of halogens is 6. The van der Waals surface area contributed by atoms with Crippen LogP contribution in [0.4, 0.5) is 42.5 Å². The zero-order valence-corrected chi connectivity index (χ0v) is 17.1. The highest BCUT2D eigenvalue weighted by atomic mass is 32.2. The Balaban J connectivity index is 1.77. The van der Waals surface area contributed by atoms with Crippen LogP contribution in [-0.2, 0) is 15.7 Å². The summed E-state index contributed by atoms with van der Waals surface area (Å²) in [5.41, 5.74) is 0.230. The van der Waals surface area contributed by atoms with Crippen molar-refractivity contribution in [3.8, 4) is 5.75 Å². The van der Waals surface area contributed by atoms with Gasteiger partial charge >= 0.3 is 18.2 Å². The maximum atomic E-state index is 13.3. The van der Waals surface area contributed by atoms with Crippen LogP contribution in [0.3, 0.4) is 0 Å². The van der Waals surface area contributed by atoms with Crippen LogP contribution in [0.15, 0.2) is 47.4 Å². The molecule has 0 aliphatic carbocycles. The summed E-state index contributed by atoms with van der Waals surface area (Å²) >= 11 is 0. The number of carbonyl (C=O) groups is 1. The van der Waals surface area contributed by atoms with E-state index in [4.69, 9.17) is 4.74 Å². The summed E-state index contributed by atoms with van der Waals surface area (Å²) in [6.07, 6.45) is -10.2. The van der Waals surface area contributed by atoms with E-state index in [-0.39, 0.29) is 24.5 Å². The maximum absolute atomic E-state index is 13.3. The van der Waals surface area contributed by atoms with Crippen molar-refractivity contribution in [3.05, 3.63) is 48.3 Å². The van der Waals surface area contributed by atoms with E-state index in [1.807, 2.05) is 0 Å². The molecule has 1 aliphatic rings. The molecule has 2 aromatic carbocycles. The molecule has 13 heteroatoms. The van der Waals surface area contributed by atoms with Gasteiger partial charge in [-0.15, -0.1) is 0 Å². The largest absolute Gasteiger partial charge is 0.489 e. The normalized spacial score (nSPS) is 15.9. The maximum Gasteiger partial charge on any atom is 0.457 e. The van der Waals surface area contributed by atoms with Crippen LogP contribution < -0.4 is 14.4 Å². The number of fused-ring (bicyclic) bond motifs is 1. The lowest BCUT2D eigenvalue weighted by Crippen LogP contribution is -2.48. The number of rotatable bonds is 5. The van der Waals surface area contributed by atoms with E-state index in [9.17, 15) is 35.3 Å². The zero-order valence-electron chi connectivity index (χ0n) is 16.3. The Hall–Kier alpha value is -2.96. The molecule has 174 valence electrons. The Morgan fingerprint density at radius 3 is 2.44 bits per heavy atom. The van der Waals surface area contributed by atoms with Gasteiger partial charge in [-0.05, 0) is 49.4 Å². The van der Waals surface area contributed by atoms with E-state index in [0.29, 0.717) is 17.6 Å². The van der Waals surface area contributed by atoms with Crippen molar-refractivity contribution in [2.45, 2.75) is 30.0 Å². The SMILES string of the molecule is C[C@H](OC(=O)Nc1ccc2c(c1)N(S(=O)c1ccc(F)cc1)CCO2)C(F)(F)C(F)(F)F. The van der Waals surface area contributed by atoms with E-state index in [0.717, 1.165) is 12.1 Å². The van der Waals surface area contributed by atoms with Gasteiger partial charge < -0.3 is 9.47 Å². The lowest BCUT2D eigenvalue weighted by molar-refractivity contribution is -0.308. The summed E-state index contributed by atoms with van der Waals surface area (Å²) in [4.78, 5) is 12.2. The van der Waals surface area contributed by atoms with Crippen molar-refractivity contribution in [2.24, 2.45) is 0 Å². The molecule has 1 heterocycles. The number of nitrogens with one attached hydrogen (secondary N) is 1. The Labute approximate surface area is 180 Å². The fourth-order valence-corrected chi connectivity index (χ4v) is 3.92. The number of anilines is 2. The van der Waals surface area contributed by atoms with Gasteiger partial charge in [0.05, 0.1) is 17.1 Å². The molecule has 1 aliphatic heterocycles. The van der Waals surface area contributed by atoms with Crippen molar-refractivity contribution in [1.29, 1.82) is 0 Å². The summed E-state index contributed by atoms with van der Waals surface area (Å²) < 4.78 is 101. The minimum absolute atomic E-state index is 0.0251. The van der Waals surface area contributed by atoms with Gasteiger partial charge in [0.2, 0.25) is 0 Å². The average molecular weight is 482 g/mol. The Morgan fingerprint density at radius 2 is 1.81 bits per heavy atom. The number of nitrogens with zero attached hydrogens (tertiary/aromatic N) is 1. The number of benzene rings is 2. The second-order valence-electron chi connectivity index (χ2n) is 6.63. The van der Waals surface area contributed by atoms with E-state index >= 15 is 0 Å². The molecule has 6 nitrogen and oxygen atoms in total. The summed E-state index contributed by atoms with van der Waals surface area (Å²) in [7, 11) is -1.77. The molecular formula is C19H16F6N2O4S. The van der Waals surface area contributed by atoms with Crippen LogP contribution in [0.5, 0.6) is 5.75 Å². The van der Waals surface area contributed by atoms with Gasteiger partial charge in [0.1, 0.15) is 18.2 Å². The van der Waals surface area contributed by atoms with Gasteiger partial charge in [0.25, 0.3) is 0 Å². The van der Waals surface area contributed by atoms with Crippen LogP contribution in [0, 0.1) is 5.82 Å². The monoisotopic (exact) mass is 482 g/mol. The van der Waals surface area contributed by atoms with Gasteiger partial charge in [-0.1, -0.05) is 0 Å². The Bertz CT molecular complexity index is 1020. The third kappa shape index (κ3) is 4.92. The second kappa shape index (κ2) is 8.88. The van der Waals surface area contributed by atoms with Crippen LogP contribution in [0.1, 0.15) is 6.92 Å². The molecule has 2 aromatic rings. The Kier molecular flexibility index (Phi) is 6.58. The minimum atomic E-state index is -5.89. The van der Waals surface area contributed by atoms with Crippen LogP contribution in [-0.4, -0.2) is 41.7 Å². The topological polar surface area (TPSA) is 67.9 Å². The van der Waals surface area contributed by atoms with Crippen molar-refractivity contribution in [1.82, 2.24) is 0 Å². The zero-order chi connectivity index (χ0) is 23.7. The van der Waals surface area contributed by atoms with Crippen molar-refractivity contribution >= 4 is 28.5 Å². The van der Waals surface area contributed by atoms with E-state index in [1.165, 1.54) is 34.6 Å². The van der Waals surface area contributed by atoms with Crippen LogP contribution in [0.25, 0.3) is 0 Å². The highest BCUT2D eigenvalue weighted by Crippen LogP contribution is 2.40. The van der Waals surface area contributed by atoms with E-state index in [1.54, 1.807) is 0 Å². The predicted octanol–water partition coefficient (Wildman–Crippen LogP) is 4.88. The number of carbonyl (C=O) groups excluding carboxylic acids is 1. The van der Waals surface area contributed by atoms with Crippen molar-refractivity contribution in [3.63, 3.8) is 0 Å². The van der Waals surface area contributed by atoms with Crippen LogP contribution >= 0.6 is 0 Å². The lowest BCUT2D eigenvalue weighted by Gasteiger charge is -2.30. The molecule has 1 N–H and O–H groups in total. The fraction of sp³-hybridized carbons (Fsp3) is 0.316. The first kappa shape index (κ1) is 23.7. The minimum Gasteiger partial charge on any atom is -0.489 e. The van der Waals surface area contributed by atoms with Crippen molar-refractivity contribution < 1.29 is 44.8 Å². The number of hydrogen-bond donors (Lipinski definition) is 1. The first-order valence-corrected chi connectivity index (χ1v) is 10.1. The van der Waals surface area contributed by atoms with Crippen molar-refractivity contribution in [2.75, 3.05) is 22.8 Å². The third-order valence-electron chi connectivity index (χ3n) is 4.41. The summed E-state index contributed by atoms with van der Waals surface area (Å²) in [6.45, 7) is 0.764. The standard InChI is InChI=1S/C19H16F6N2O4S/c1-11(18(21,22)19(23,24)25)31-17(28)26-13-4-7-16-15(10-13)27(8-9-30-16)32(29)14-5-2-12(20)3-6-14/h2-7,10-11H,8-9H2,1H3,(H,26,28)/t11-,32?/m0/s1. The molecule has 32 heavy (non-hydrogen) atoms. The average Bonchev–Trinajstić information content (AvgIpc) is 2.72. The summed E-state index contributed by atoms with van der Waals surface area (Å²) in [5.74, 6) is -5.46. The molecule has 3 rings (SSSR count). The highest BCUT2D eigenvalue weighted by Gasteiger charge is 2.62. The van der Waals surface area contributed by atoms with Gasteiger partial charge in [-0.2, -0.15) is 22.0 Å². The number of hydrogen-bond acceptors (Lipinski definition) is 4. The molecule has 1 amide bonds. The summed E-state index contributed by atoms with van der Waals surface area (Å²) in [5, 5.41) is 2.06. The van der Waals surface area contributed by atoms with Gasteiger partial charge in [0.15, 0.2) is 17.1 Å². The van der Waals surface area contributed by atoms with E-state index in [2.05, 4.69) is 10.1 Å². The highest BCUT2D eigenvalue weighted by molar-refractivity contribution is 7.86. The second-order valence-corrected chi connectivity index (χ2v) is 8.04. The van der Waals surface area contributed by atoms with Crippen LogP contribution in [0.2, 0.25) is 0 Å². The van der Waals surface area contributed by atoms with Gasteiger partial charge in [0, 0.05) is 5.69 Å². The first-order valence-electron chi connectivity index (χ1n) is 9.04. The molecule has 0 fully saturated rings. The Morgan fingerprint density at radius 1 is 1.16 bits per heavy atom. The molecule has 2 atom stereocenters. The van der Waals surface area contributed by atoms with Gasteiger partial charge in [-0.25, -0.2) is 13.4 Å². The first-order chi connectivity index (χ1) is 14.9. The molecule has 0 radical (unpaired) electrons. The number of alkyl halides is 5. The third-order valence-corrected chi connectivity index (χ3v) is 5.87. The summed E-state index contributed by atoms with van der Waals surface area (Å²) in [6, 6.07) is 8.94. The molecule has 1 unspecified atom stereocenters. The smallest absolute Gasteiger partial charge is 0.457 e. The number of ether oxygens (including phenoxy) is 2. The quantitative estimate of drug-likeness (QED) is 0.617. The number of amides is 1. The van der Waals surface area contributed by atoms with E-state index < -0.39 is 41.1 Å². The molecule has 0 saturated heterocycles. The molecular weight excluding hydrogens is 466 g/mol. The molecule has 0 bridgehead atoms. The predicted molar refractivity (Wildman–Crippen MR) is 103 cm³/mol. The molecule has 0 aromatic heterocycles. The van der Waals surface area contributed by atoms with Gasteiger partial charge in [-0.3, -0.25) is 9.62 Å². The fourth-order valence-electron chi connectivity index (χ4n) is 2.73. The molecule has 0 spiro atoms. The molecule has 0 saturated carbocycles.